The summed E-state index contributed by atoms with van der Waals surface area (Å²) in [5, 5.41) is 0.889. The highest BCUT2D eigenvalue weighted by atomic mass is 35.5. The third kappa shape index (κ3) is 3.15. The number of rotatable bonds is 2. The van der Waals surface area contributed by atoms with Crippen molar-refractivity contribution < 1.29 is 14.4 Å². The Hall–Kier alpha value is -2.57. The van der Waals surface area contributed by atoms with Crippen LogP contribution in [-0.2, 0) is 9.59 Å². The molecular weight excluding hydrogens is 389 g/mol. The fourth-order valence-electron chi connectivity index (χ4n) is 3.09. The van der Waals surface area contributed by atoms with Crippen molar-refractivity contribution in [1.29, 1.82) is 0 Å². The maximum atomic E-state index is 12.4. The predicted octanol–water partition coefficient (Wildman–Crippen LogP) is 3.83. The molecule has 1 aromatic heterocycles. The molecule has 0 radical (unpaired) electrons. The SMILES string of the molecule is Cc1cc(C=C2C(=O)N(C)C(=O)N(C)C2=O)c(C)n1-c1ccc(Cl)c(Cl)c1. The van der Waals surface area contributed by atoms with Gasteiger partial charge in [-0.2, -0.15) is 0 Å². The molecule has 2 heterocycles. The van der Waals surface area contributed by atoms with E-state index in [1.807, 2.05) is 30.5 Å². The zero-order valence-corrected chi connectivity index (χ0v) is 16.7. The zero-order valence-electron chi connectivity index (χ0n) is 15.2. The minimum absolute atomic E-state index is 0.0611. The second kappa shape index (κ2) is 6.87. The third-order valence-corrected chi connectivity index (χ3v) is 5.31. The molecule has 1 saturated heterocycles. The van der Waals surface area contributed by atoms with Crippen LogP contribution in [-0.4, -0.2) is 46.3 Å². The smallest absolute Gasteiger partial charge is 0.318 e. The monoisotopic (exact) mass is 405 g/mol. The minimum Gasteiger partial charge on any atom is -0.318 e. The van der Waals surface area contributed by atoms with E-state index in [1.165, 1.54) is 20.2 Å². The van der Waals surface area contributed by atoms with Crippen molar-refractivity contribution in [3.05, 3.63) is 56.8 Å². The Morgan fingerprint density at radius 1 is 0.889 bits per heavy atom. The average Bonchev–Trinajstić information content (AvgIpc) is 2.91. The van der Waals surface area contributed by atoms with Crippen molar-refractivity contribution in [2.24, 2.45) is 0 Å². The van der Waals surface area contributed by atoms with E-state index in [9.17, 15) is 14.4 Å². The van der Waals surface area contributed by atoms with Crippen molar-refractivity contribution in [2.45, 2.75) is 13.8 Å². The van der Waals surface area contributed by atoms with Crippen LogP contribution in [0.5, 0.6) is 0 Å². The number of carbonyl (C=O) groups excluding carboxylic acids is 3. The van der Waals surface area contributed by atoms with Crippen molar-refractivity contribution in [3.8, 4) is 5.69 Å². The molecule has 1 aliphatic rings. The van der Waals surface area contributed by atoms with Gasteiger partial charge in [-0.25, -0.2) is 4.79 Å². The number of aryl methyl sites for hydroxylation is 1. The Balaban J connectivity index is 2.10. The quantitative estimate of drug-likeness (QED) is 0.563. The molecule has 3 rings (SSSR count). The molecule has 0 bridgehead atoms. The maximum Gasteiger partial charge on any atom is 0.333 e. The molecule has 6 nitrogen and oxygen atoms in total. The predicted molar refractivity (Wildman–Crippen MR) is 104 cm³/mol. The lowest BCUT2D eigenvalue weighted by Crippen LogP contribution is -2.52. The molecule has 8 heteroatoms. The van der Waals surface area contributed by atoms with Gasteiger partial charge in [0, 0.05) is 31.2 Å². The molecule has 4 amide bonds. The summed E-state index contributed by atoms with van der Waals surface area (Å²) in [6, 6.07) is 6.51. The van der Waals surface area contributed by atoms with Gasteiger partial charge in [0.05, 0.1) is 10.0 Å². The lowest BCUT2D eigenvalue weighted by molar-refractivity contribution is -0.134. The number of carbonyl (C=O) groups is 3. The first-order valence-electron chi connectivity index (χ1n) is 8.09. The molecule has 1 aliphatic heterocycles. The summed E-state index contributed by atoms with van der Waals surface area (Å²) >= 11 is 12.1. The number of imide groups is 2. The van der Waals surface area contributed by atoms with Gasteiger partial charge in [0.15, 0.2) is 0 Å². The van der Waals surface area contributed by atoms with Gasteiger partial charge in [-0.1, -0.05) is 23.2 Å². The van der Waals surface area contributed by atoms with Gasteiger partial charge in [0.2, 0.25) is 0 Å². The molecule has 0 N–H and O–H groups in total. The van der Waals surface area contributed by atoms with Gasteiger partial charge < -0.3 is 4.57 Å². The zero-order chi connectivity index (χ0) is 20.0. The second-order valence-corrected chi connectivity index (χ2v) is 7.14. The molecule has 140 valence electrons. The number of halogens is 2. The van der Waals surface area contributed by atoms with Gasteiger partial charge >= 0.3 is 6.03 Å². The number of aromatic nitrogens is 1. The normalized spacial score (nSPS) is 15.0. The number of benzene rings is 1. The summed E-state index contributed by atoms with van der Waals surface area (Å²) in [6.07, 6.45) is 1.51. The number of hydrogen-bond acceptors (Lipinski definition) is 3. The molecule has 1 fully saturated rings. The number of barbiturate groups is 1. The van der Waals surface area contributed by atoms with Crippen molar-refractivity contribution in [1.82, 2.24) is 14.4 Å². The van der Waals surface area contributed by atoms with Gasteiger partial charge in [-0.3, -0.25) is 19.4 Å². The first-order valence-corrected chi connectivity index (χ1v) is 8.85. The highest BCUT2D eigenvalue weighted by Gasteiger charge is 2.38. The summed E-state index contributed by atoms with van der Waals surface area (Å²) < 4.78 is 1.95. The largest absolute Gasteiger partial charge is 0.333 e. The summed E-state index contributed by atoms with van der Waals surface area (Å²) in [7, 11) is 2.70. The summed E-state index contributed by atoms with van der Waals surface area (Å²) in [5.41, 5.74) is 3.17. The van der Waals surface area contributed by atoms with E-state index in [2.05, 4.69) is 0 Å². The Morgan fingerprint density at radius 2 is 1.48 bits per heavy atom. The van der Waals surface area contributed by atoms with Crippen LogP contribution in [0.2, 0.25) is 10.0 Å². The van der Waals surface area contributed by atoms with Crippen LogP contribution < -0.4 is 0 Å². The lowest BCUT2D eigenvalue weighted by Gasteiger charge is -2.28. The first kappa shape index (κ1) is 19.2. The Labute approximate surface area is 166 Å². The molecule has 0 atom stereocenters. The van der Waals surface area contributed by atoms with Crippen LogP contribution in [0.25, 0.3) is 11.8 Å². The molecule has 2 aromatic rings. The molecule has 0 unspecified atom stereocenters. The van der Waals surface area contributed by atoms with Crippen LogP contribution >= 0.6 is 23.2 Å². The van der Waals surface area contributed by atoms with Crippen molar-refractivity contribution in [3.63, 3.8) is 0 Å². The fraction of sp³-hybridized carbons (Fsp3) is 0.211. The maximum absolute atomic E-state index is 12.4. The Bertz CT molecular complexity index is 997. The molecule has 0 aliphatic carbocycles. The van der Waals surface area contributed by atoms with Crippen LogP contribution in [0.15, 0.2) is 29.8 Å². The van der Waals surface area contributed by atoms with Gasteiger partial charge in [0.25, 0.3) is 11.8 Å². The van der Waals surface area contributed by atoms with Gasteiger partial charge in [-0.15, -0.1) is 0 Å². The number of urea groups is 1. The highest BCUT2D eigenvalue weighted by molar-refractivity contribution is 6.42. The van der Waals surface area contributed by atoms with Crippen LogP contribution in [0, 0.1) is 13.8 Å². The molecule has 1 aromatic carbocycles. The summed E-state index contributed by atoms with van der Waals surface area (Å²) in [5.74, 6) is -1.25. The van der Waals surface area contributed by atoms with Crippen LogP contribution in [0.4, 0.5) is 4.79 Å². The number of nitrogens with zero attached hydrogens (tertiary/aromatic N) is 3. The molecule has 27 heavy (non-hydrogen) atoms. The second-order valence-electron chi connectivity index (χ2n) is 6.33. The van der Waals surface area contributed by atoms with E-state index in [0.717, 1.165) is 26.9 Å². The topological polar surface area (TPSA) is 62.6 Å². The average molecular weight is 406 g/mol. The first-order chi connectivity index (χ1) is 12.6. The third-order valence-electron chi connectivity index (χ3n) is 4.58. The van der Waals surface area contributed by atoms with E-state index in [-0.39, 0.29) is 5.57 Å². The van der Waals surface area contributed by atoms with Crippen LogP contribution in [0.3, 0.4) is 0 Å². The van der Waals surface area contributed by atoms with Crippen molar-refractivity contribution in [2.75, 3.05) is 14.1 Å². The lowest BCUT2D eigenvalue weighted by atomic mass is 10.1. The highest BCUT2D eigenvalue weighted by Crippen LogP contribution is 2.29. The van der Waals surface area contributed by atoms with Crippen LogP contribution in [0.1, 0.15) is 17.0 Å². The van der Waals surface area contributed by atoms with Crippen molar-refractivity contribution >= 4 is 47.1 Å². The fourth-order valence-corrected chi connectivity index (χ4v) is 3.38. The van der Waals surface area contributed by atoms with E-state index in [1.54, 1.807) is 12.1 Å². The molecule has 0 spiro atoms. The molecule has 0 saturated carbocycles. The standard InChI is InChI=1S/C19H17Cl2N3O3/c1-10-7-12(8-14-17(25)22(3)19(27)23(4)18(14)26)11(2)24(10)13-5-6-15(20)16(21)9-13/h5-9H,1-4H3. The van der Waals surface area contributed by atoms with E-state index >= 15 is 0 Å². The number of likely N-dealkylation sites (N-methyl/N-ethyl adjacent to an activating group) is 2. The number of amides is 4. The van der Waals surface area contributed by atoms with Gasteiger partial charge in [-0.05, 0) is 49.8 Å². The minimum atomic E-state index is -0.650. The molecular formula is C19H17Cl2N3O3. The van der Waals surface area contributed by atoms with E-state index in [4.69, 9.17) is 23.2 Å². The summed E-state index contributed by atoms with van der Waals surface area (Å²) in [4.78, 5) is 38.5. The summed E-state index contributed by atoms with van der Waals surface area (Å²) in [6.45, 7) is 3.78. The number of hydrogen-bond donors (Lipinski definition) is 0. The van der Waals surface area contributed by atoms with E-state index < -0.39 is 17.8 Å². The van der Waals surface area contributed by atoms with E-state index in [0.29, 0.717) is 15.6 Å². The van der Waals surface area contributed by atoms with Gasteiger partial charge in [0.1, 0.15) is 5.57 Å². The Kier molecular flexibility index (Phi) is 4.88. The Morgan fingerprint density at radius 3 is 2.04 bits per heavy atom.